The Kier molecular flexibility index (Phi) is 13.3. The SMILES string of the molecule is Cc1cccc2c1CN(C[C@H](C)NC(=O)CNO)CCC(c1cc(CF)cc3c1CN(C[C@H](C)NC(=O)CNO)CCCC3)C2. The summed E-state index contributed by atoms with van der Waals surface area (Å²) in [7, 11) is 0. The van der Waals surface area contributed by atoms with Gasteiger partial charge in [-0.2, -0.15) is 11.0 Å². The highest BCUT2D eigenvalue weighted by atomic mass is 19.1. The van der Waals surface area contributed by atoms with E-state index in [-0.39, 0.29) is 42.9 Å². The van der Waals surface area contributed by atoms with Crippen molar-refractivity contribution in [1.29, 1.82) is 0 Å². The first kappa shape index (κ1) is 34.9. The second kappa shape index (κ2) is 17.1. The zero-order valence-corrected chi connectivity index (χ0v) is 27.0. The summed E-state index contributed by atoms with van der Waals surface area (Å²) in [5.74, 6) is -0.319. The van der Waals surface area contributed by atoms with Crippen LogP contribution in [0, 0.1) is 6.92 Å². The first-order chi connectivity index (χ1) is 21.7. The van der Waals surface area contributed by atoms with Crippen molar-refractivity contribution in [2.24, 2.45) is 0 Å². The zero-order valence-electron chi connectivity index (χ0n) is 27.0. The monoisotopic (exact) mass is 626 g/mol. The minimum atomic E-state index is -0.500. The number of nitrogens with zero attached hydrogens (tertiary/aromatic N) is 2. The molecule has 0 saturated heterocycles. The van der Waals surface area contributed by atoms with Crippen LogP contribution in [-0.2, 0) is 42.2 Å². The predicted octanol–water partition coefficient (Wildman–Crippen LogP) is 3.10. The van der Waals surface area contributed by atoms with Crippen LogP contribution in [0.2, 0.25) is 0 Å². The van der Waals surface area contributed by atoms with Gasteiger partial charge in [-0.05, 0) is 111 Å². The zero-order chi connectivity index (χ0) is 32.3. The minimum Gasteiger partial charge on any atom is -0.351 e. The molecule has 248 valence electrons. The summed E-state index contributed by atoms with van der Waals surface area (Å²) in [6.07, 6.45) is 4.75. The molecule has 2 aromatic rings. The van der Waals surface area contributed by atoms with Crippen LogP contribution in [0.15, 0.2) is 30.3 Å². The quantitative estimate of drug-likeness (QED) is 0.199. The van der Waals surface area contributed by atoms with Crippen molar-refractivity contribution in [3.63, 3.8) is 0 Å². The van der Waals surface area contributed by atoms with E-state index in [1.165, 1.54) is 33.4 Å². The third-order valence-corrected chi connectivity index (χ3v) is 9.09. The molecular formula is C34H51FN6O4. The van der Waals surface area contributed by atoms with Gasteiger partial charge in [0, 0.05) is 38.3 Å². The van der Waals surface area contributed by atoms with Crippen molar-refractivity contribution in [2.45, 2.75) is 90.6 Å². The molecular weight excluding hydrogens is 575 g/mol. The fraction of sp³-hybridized carbons (Fsp3) is 0.588. The summed E-state index contributed by atoms with van der Waals surface area (Å²) in [6, 6.07) is 10.4. The molecule has 0 aliphatic carbocycles. The molecule has 2 aliphatic rings. The van der Waals surface area contributed by atoms with E-state index in [0.717, 1.165) is 63.8 Å². The molecule has 45 heavy (non-hydrogen) atoms. The minimum absolute atomic E-state index is 0.0947. The number of nitrogens with one attached hydrogen (secondary N) is 4. The highest BCUT2D eigenvalue weighted by molar-refractivity contribution is 5.78. The van der Waals surface area contributed by atoms with Gasteiger partial charge in [-0.25, -0.2) is 4.39 Å². The third kappa shape index (κ3) is 10.0. The Balaban J connectivity index is 1.64. The molecule has 0 aromatic heterocycles. The number of halogens is 1. The van der Waals surface area contributed by atoms with E-state index in [9.17, 15) is 14.0 Å². The molecule has 1 unspecified atom stereocenters. The van der Waals surface area contributed by atoms with E-state index < -0.39 is 6.67 Å². The van der Waals surface area contributed by atoms with Crippen LogP contribution in [0.1, 0.15) is 78.0 Å². The highest BCUT2D eigenvalue weighted by Crippen LogP contribution is 2.36. The van der Waals surface area contributed by atoms with Crippen LogP contribution in [0.3, 0.4) is 0 Å². The smallest absolute Gasteiger partial charge is 0.236 e. The van der Waals surface area contributed by atoms with Gasteiger partial charge in [-0.3, -0.25) is 19.4 Å². The first-order valence-corrected chi connectivity index (χ1v) is 16.3. The number of hydrogen-bond acceptors (Lipinski definition) is 8. The van der Waals surface area contributed by atoms with Gasteiger partial charge >= 0.3 is 0 Å². The maximum atomic E-state index is 14.3. The second-order valence-corrected chi connectivity index (χ2v) is 12.9. The lowest BCUT2D eigenvalue weighted by atomic mass is 9.80. The number of carbonyl (C=O) groups excluding carboxylic acids is 2. The molecule has 10 nitrogen and oxygen atoms in total. The van der Waals surface area contributed by atoms with Crippen LogP contribution in [0.5, 0.6) is 0 Å². The number of carbonyl (C=O) groups is 2. The Morgan fingerprint density at radius 1 is 0.911 bits per heavy atom. The Hall–Kier alpha value is -2.93. The number of aryl methyl sites for hydroxylation is 2. The van der Waals surface area contributed by atoms with Gasteiger partial charge in [-0.15, -0.1) is 0 Å². The molecule has 2 aliphatic heterocycles. The molecule has 3 atom stereocenters. The maximum absolute atomic E-state index is 14.3. The van der Waals surface area contributed by atoms with E-state index in [4.69, 9.17) is 10.4 Å². The number of benzene rings is 2. The topological polar surface area (TPSA) is 129 Å². The van der Waals surface area contributed by atoms with Crippen molar-refractivity contribution in [1.82, 2.24) is 31.4 Å². The van der Waals surface area contributed by atoms with Crippen LogP contribution >= 0.6 is 0 Å². The van der Waals surface area contributed by atoms with E-state index in [2.05, 4.69) is 57.7 Å². The summed E-state index contributed by atoms with van der Waals surface area (Å²) >= 11 is 0. The summed E-state index contributed by atoms with van der Waals surface area (Å²) in [6.45, 7) is 9.94. The van der Waals surface area contributed by atoms with Gasteiger partial charge in [0.25, 0.3) is 0 Å². The van der Waals surface area contributed by atoms with Gasteiger partial charge in [0.15, 0.2) is 0 Å². The van der Waals surface area contributed by atoms with Gasteiger partial charge in [-0.1, -0.05) is 30.3 Å². The van der Waals surface area contributed by atoms with Crippen molar-refractivity contribution in [3.8, 4) is 0 Å². The molecule has 0 fully saturated rings. The summed E-state index contributed by atoms with van der Waals surface area (Å²) < 4.78 is 14.3. The van der Waals surface area contributed by atoms with Crippen molar-refractivity contribution in [2.75, 3.05) is 39.3 Å². The van der Waals surface area contributed by atoms with E-state index in [1.807, 2.05) is 24.8 Å². The fourth-order valence-corrected chi connectivity index (χ4v) is 7.06. The van der Waals surface area contributed by atoms with Gasteiger partial charge in [0.2, 0.25) is 11.8 Å². The standard InChI is InChI=1S/C34H51FN6O4/c1-23-7-6-9-28-15-29(10-12-41(21-31(23)28)20-25(3)39-34(43)18-37-45)30-14-26(16-35)13-27-8-4-5-11-40(22-32(27)30)19-24(2)38-33(42)17-36-44/h6-7,9,13-14,24-25,29,36-37,44-45H,4-5,8,10-12,15-22H2,1-3H3,(H,38,42)(H,39,43)/t24-,25-,29?/m0/s1. The van der Waals surface area contributed by atoms with Crippen LogP contribution in [-0.4, -0.2) is 83.4 Å². The lowest BCUT2D eigenvalue weighted by Crippen LogP contribution is -2.45. The molecule has 0 bridgehead atoms. The fourth-order valence-electron chi connectivity index (χ4n) is 7.06. The van der Waals surface area contributed by atoms with Crippen LogP contribution < -0.4 is 21.6 Å². The Morgan fingerprint density at radius 3 is 2.20 bits per heavy atom. The lowest BCUT2D eigenvalue weighted by molar-refractivity contribution is -0.123. The molecule has 6 N–H and O–H groups in total. The molecule has 11 heteroatoms. The average molecular weight is 627 g/mol. The Labute approximate surface area is 266 Å². The third-order valence-electron chi connectivity index (χ3n) is 9.09. The second-order valence-electron chi connectivity index (χ2n) is 12.9. The Morgan fingerprint density at radius 2 is 1.56 bits per heavy atom. The molecule has 2 heterocycles. The highest BCUT2D eigenvalue weighted by Gasteiger charge is 2.27. The number of amides is 2. The number of hydrogen-bond donors (Lipinski definition) is 6. The van der Waals surface area contributed by atoms with Crippen LogP contribution in [0.25, 0.3) is 0 Å². The Bertz CT molecular complexity index is 1290. The first-order valence-electron chi connectivity index (χ1n) is 16.3. The van der Waals surface area contributed by atoms with Crippen molar-refractivity contribution < 1.29 is 24.4 Å². The van der Waals surface area contributed by atoms with Crippen LogP contribution in [0.4, 0.5) is 4.39 Å². The molecule has 4 rings (SSSR count). The van der Waals surface area contributed by atoms with Gasteiger partial charge in [0.05, 0.1) is 13.1 Å². The van der Waals surface area contributed by atoms with Crippen molar-refractivity contribution in [3.05, 3.63) is 69.3 Å². The number of hydroxylamine groups is 2. The molecule has 0 saturated carbocycles. The van der Waals surface area contributed by atoms with E-state index in [0.29, 0.717) is 13.1 Å². The predicted molar refractivity (Wildman–Crippen MR) is 172 cm³/mol. The molecule has 0 spiro atoms. The lowest BCUT2D eigenvalue weighted by Gasteiger charge is -2.35. The average Bonchev–Trinajstić information content (AvgIpc) is 2.96. The largest absolute Gasteiger partial charge is 0.351 e. The number of rotatable bonds is 12. The van der Waals surface area contributed by atoms with Gasteiger partial charge in [0.1, 0.15) is 6.67 Å². The maximum Gasteiger partial charge on any atom is 0.236 e. The molecule has 2 aromatic carbocycles. The number of alkyl halides is 1. The molecule has 2 amide bonds. The van der Waals surface area contributed by atoms with E-state index >= 15 is 0 Å². The summed E-state index contributed by atoms with van der Waals surface area (Å²) in [5, 5.41) is 23.7. The number of fused-ring (bicyclic) bond motifs is 2. The normalized spacial score (nSPS) is 19.2. The van der Waals surface area contributed by atoms with Crippen molar-refractivity contribution >= 4 is 11.8 Å². The van der Waals surface area contributed by atoms with Gasteiger partial charge < -0.3 is 21.0 Å². The molecule has 0 radical (unpaired) electrons. The summed E-state index contributed by atoms with van der Waals surface area (Å²) in [4.78, 5) is 29.0. The van der Waals surface area contributed by atoms with E-state index in [1.54, 1.807) is 0 Å². The summed E-state index contributed by atoms with van der Waals surface area (Å²) in [5.41, 5.74) is 12.2.